The van der Waals surface area contributed by atoms with E-state index in [1.54, 1.807) is 0 Å². The summed E-state index contributed by atoms with van der Waals surface area (Å²) in [7, 11) is -5.03. The molecule has 0 heterocycles. The van der Waals surface area contributed by atoms with Crippen LogP contribution in [0.15, 0.2) is 24.3 Å². The zero-order valence-electron chi connectivity index (χ0n) is 15.3. The molecular formula is C17H30FNO4S. The number of benzene rings is 1. The summed E-state index contributed by atoms with van der Waals surface area (Å²) in [6.07, 6.45) is 4.27. The summed E-state index contributed by atoms with van der Waals surface area (Å²) in [5.74, 6) is -0.434. The summed E-state index contributed by atoms with van der Waals surface area (Å²) >= 11 is 0. The van der Waals surface area contributed by atoms with Crippen molar-refractivity contribution < 1.29 is 21.3 Å². The van der Waals surface area contributed by atoms with Crippen molar-refractivity contribution in [1.29, 1.82) is 0 Å². The largest absolute Gasteiger partial charge is 0.488 e. The Morgan fingerprint density at radius 3 is 2.00 bits per heavy atom. The van der Waals surface area contributed by atoms with Gasteiger partial charge in [-0.2, -0.15) is 8.42 Å². The number of carbonyl (C=O) groups excluding carboxylic acids is 1. The van der Waals surface area contributed by atoms with Crippen molar-refractivity contribution in [3.8, 4) is 5.75 Å². The van der Waals surface area contributed by atoms with Crippen LogP contribution in [0.2, 0.25) is 0 Å². The SMILES string of the molecule is CC.CCC.CCCCCNC(=O)c1ccc(OS(=O)(=O)F)cc1. The van der Waals surface area contributed by atoms with Crippen LogP contribution in [0.4, 0.5) is 3.89 Å². The maximum absolute atomic E-state index is 12.2. The maximum Gasteiger partial charge on any atom is 0.488 e. The summed E-state index contributed by atoms with van der Waals surface area (Å²) < 4.78 is 36.8. The fourth-order valence-electron chi connectivity index (χ4n) is 1.46. The third-order valence-electron chi connectivity index (χ3n) is 2.38. The molecule has 5 nitrogen and oxygen atoms in total. The molecule has 1 N–H and O–H groups in total. The van der Waals surface area contributed by atoms with E-state index >= 15 is 0 Å². The Hall–Kier alpha value is -1.63. The van der Waals surface area contributed by atoms with Crippen molar-refractivity contribution in [3.63, 3.8) is 0 Å². The number of carbonyl (C=O) groups is 1. The molecule has 0 saturated heterocycles. The lowest BCUT2D eigenvalue weighted by molar-refractivity contribution is 0.0953. The Labute approximate surface area is 146 Å². The molecule has 1 rings (SSSR count). The Balaban J connectivity index is 0. The molecule has 7 heteroatoms. The first-order chi connectivity index (χ1) is 11.3. The van der Waals surface area contributed by atoms with Gasteiger partial charge in [-0.05, 0) is 30.7 Å². The summed E-state index contributed by atoms with van der Waals surface area (Å²) in [5, 5.41) is 2.73. The normalized spacial score (nSPS) is 9.75. The number of unbranched alkanes of at least 4 members (excludes halogenated alkanes) is 2. The predicted molar refractivity (Wildman–Crippen MR) is 96.3 cm³/mol. The Kier molecular flexibility index (Phi) is 15.3. The second-order valence-corrected chi connectivity index (χ2v) is 5.62. The highest BCUT2D eigenvalue weighted by molar-refractivity contribution is 7.81. The third-order valence-corrected chi connectivity index (χ3v) is 2.77. The van der Waals surface area contributed by atoms with Gasteiger partial charge < -0.3 is 9.50 Å². The molecule has 140 valence electrons. The quantitative estimate of drug-likeness (QED) is 0.566. The predicted octanol–water partition coefficient (Wildman–Crippen LogP) is 4.64. The molecule has 0 aliphatic heterocycles. The van der Waals surface area contributed by atoms with E-state index in [4.69, 9.17) is 0 Å². The number of nitrogens with one attached hydrogen (secondary N) is 1. The molecule has 0 saturated carbocycles. The highest BCUT2D eigenvalue weighted by atomic mass is 32.3. The van der Waals surface area contributed by atoms with Crippen molar-refractivity contribution >= 4 is 16.4 Å². The van der Waals surface area contributed by atoms with Gasteiger partial charge in [-0.15, -0.1) is 0 Å². The first-order valence-electron chi connectivity index (χ1n) is 8.36. The fourth-order valence-corrected chi connectivity index (χ4v) is 1.80. The lowest BCUT2D eigenvalue weighted by Gasteiger charge is -2.05. The van der Waals surface area contributed by atoms with Gasteiger partial charge in [-0.1, -0.05) is 57.8 Å². The summed E-state index contributed by atoms with van der Waals surface area (Å²) in [6, 6.07) is 5.18. The smallest absolute Gasteiger partial charge is 0.358 e. The van der Waals surface area contributed by atoms with Crippen LogP contribution in [0.5, 0.6) is 5.75 Å². The van der Waals surface area contributed by atoms with E-state index in [0.29, 0.717) is 12.1 Å². The van der Waals surface area contributed by atoms with Gasteiger partial charge in [0.25, 0.3) is 5.91 Å². The van der Waals surface area contributed by atoms with E-state index in [2.05, 4.69) is 30.3 Å². The molecule has 1 aromatic carbocycles. The van der Waals surface area contributed by atoms with Crippen LogP contribution in [0.1, 0.15) is 70.7 Å². The number of amides is 1. The molecule has 0 unspecified atom stereocenters. The van der Waals surface area contributed by atoms with Crippen LogP contribution in [0.3, 0.4) is 0 Å². The van der Waals surface area contributed by atoms with E-state index in [1.807, 2.05) is 13.8 Å². The molecule has 0 bridgehead atoms. The molecule has 0 spiro atoms. The van der Waals surface area contributed by atoms with Gasteiger partial charge in [0.1, 0.15) is 5.75 Å². The summed E-state index contributed by atoms with van der Waals surface area (Å²) in [4.78, 5) is 11.7. The van der Waals surface area contributed by atoms with Crippen LogP contribution >= 0.6 is 0 Å². The maximum atomic E-state index is 12.2. The van der Waals surface area contributed by atoms with Crippen molar-refractivity contribution in [2.24, 2.45) is 0 Å². The number of halogens is 1. The van der Waals surface area contributed by atoms with Crippen LogP contribution in [0.25, 0.3) is 0 Å². The zero-order valence-corrected chi connectivity index (χ0v) is 16.1. The van der Waals surface area contributed by atoms with Crippen molar-refractivity contribution in [2.75, 3.05) is 6.54 Å². The van der Waals surface area contributed by atoms with Crippen molar-refractivity contribution in [2.45, 2.75) is 60.3 Å². The second-order valence-electron chi connectivity index (χ2n) is 4.67. The number of rotatable bonds is 7. The lowest BCUT2D eigenvalue weighted by Crippen LogP contribution is -2.24. The fraction of sp³-hybridized carbons (Fsp3) is 0.588. The lowest BCUT2D eigenvalue weighted by atomic mass is 10.2. The molecule has 0 aliphatic rings. The van der Waals surface area contributed by atoms with Crippen molar-refractivity contribution in [3.05, 3.63) is 29.8 Å². The molecule has 0 radical (unpaired) electrons. The van der Waals surface area contributed by atoms with Gasteiger partial charge in [0.15, 0.2) is 0 Å². The highest BCUT2D eigenvalue weighted by Gasteiger charge is 2.10. The minimum atomic E-state index is -5.03. The molecule has 1 amide bonds. The Morgan fingerprint density at radius 1 is 1.08 bits per heavy atom. The van der Waals surface area contributed by atoms with E-state index in [-0.39, 0.29) is 11.7 Å². The number of hydrogen-bond acceptors (Lipinski definition) is 4. The summed E-state index contributed by atoms with van der Waals surface area (Å²) in [5.41, 5.74) is 0.361. The van der Waals surface area contributed by atoms with Gasteiger partial charge in [-0.25, -0.2) is 0 Å². The average molecular weight is 363 g/mol. The van der Waals surface area contributed by atoms with E-state index in [9.17, 15) is 17.1 Å². The molecule has 0 aliphatic carbocycles. The summed E-state index contributed by atoms with van der Waals surface area (Å²) in [6.45, 7) is 10.9. The van der Waals surface area contributed by atoms with Gasteiger partial charge in [0.2, 0.25) is 0 Å². The van der Waals surface area contributed by atoms with Crippen molar-refractivity contribution in [1.82, 2.24) is 5.32 Å². The molecule has 24 heavy (non-hydrogen) atoms. The minimum Gasteiger partial charge on any atom is -0.358 e. The van der Waals surface area contributed by atoms with E-state index < -0.39 is 10.5 Å². The van der Waals surface area contributed by atoms with Crippen LogP contribution < -0.4 is 9.50 Å². The highest BCUT2D eigenvalue weighted by Crippen LogP contribution is 2.14. The standard InChI is InChI=1S/C12H16FNO4S.C3H8.C2H6/c1-2-3-4-9-14-12(15)10-5-7-11(8-6-10)18-19(13,16)17;1-3-2;1-2/h5-8H,2-4,9H2,1H3,(H,14,15);3H2,1-2H3;1-2H3. The second kappa shape index (κ2) is 14.9. The Morgan fingerprint density at radius 2 is 1.58 bits per heavy atom. The molecule has 0 aromatic heterocycles. The zero-order chi connectivity index (χ0) is 19.0. The molecular weight excluding hydrogens is 333 g/mol. The van der Waals surface area contributed by atoms with Crippen LogP contribution in [0, 0.1) is 0 Å². The molecule has 1 aromatic rings. The minimum absolute atomic E-state index is 0.176. The monoisotopic (exact) mass is 363 g/mol. The first-order valence-corrected chi connectivity index (χ1v) is 9.67. The average Bonchev–Trinajstić information content (AvgIpc) is 2.53. The van der Waals surface area contributed by atoms with Gasteiger partial charge >= 0.3 is 10.5 Å². The van der Waals surface area contributed by atoms with Gasteiger partial charge in [0, 0.05) is 12.1 Å². The Bertz CT molecular complexity index is 530. The first kappa shape index (κ1) is 24.6. The van der Waals surface area contributed by atoms with Crippen LogP contribution in [-0.2, 0) is 10.5 Å². The number of hydrogen-bond donors (Lipinski definition) is 1. The molecule has 0 fully saturated rings. The van der Waals surface area contributed by atoms with Gasteiger partial charge in [0.05, 0.1) is 0 Å². The van der Waals surface area contributed by atoms with Crippen LogP contribution in [-0.4, -0.2) is 20.9 Å². The van der Waals surface area contributed by atoms with E-state index in [1.165, 1.54) is 30.7 Å². The third kappa shape index (κ3) is 14.0. The molecule has 0 atom stereocenters. The topological polar surface area (TPSA) is 72.5 Å². The van der Waals surface area contributed by atoms with Gasteiger partial charge in [-0.3, -0.25) is 4.79 Å². The van der Waals surface area contributed by atoms with E-state index in [0.717, 1.165) is 19.3 Å².